The van der Waals surface area contributed by atoms with Crippen molar-refractivity contribution < 1.29 is 18.5 Å². The van der Waals surface area contributed by atoms with Gasteiger partial charge in [-0.05, 0) is 49.4 Å². The third-order valence-electron chi connectivity index (χ3n) is 4.06. The molecule has 0 aliphatic heterocycles. The number of nitrogens with one attached hydrogen (secondary N) is 2. The number of carbonyl (C=O) groups excluding carboxylic acids is 2. The minimum atomic E-state index is -0.356. The largest absolute Gasteiger partial charge is 0.459 e. The first-order chi connectivity index (χ1) is 14.0. The van der Waals surface area contributed by atoms with Gasteiger partial charge >= 0.3 is 0 Å². The minimum absolute atomic E-state index is 0.215. The van der Waals surface area contributed by atoms with Crippen LogP contribution in [-0.2, 0) is 0 Å². The Hall–Kier alpha value is -3.72. The number of furan rings is 1. The van der Waals surface area contributed by atoms with Crippen molar-refractivity contribution in [2.24, 2.45) is 0 Å². The smallest absolute Gasteiger partial charge is 0.291 e. The molecule has 0 aliphatic rings. The SMILES string of the molecule is Cc1nc(-c2cc(NC(=O)c3ccc(NC(=O)c4ccco4)cc3)c(C)s2)no1. The fourth-order valence-corrected chi connectivity index (χ4v) is 3.52. The fraction of sp³-hybridized carbons (Fsp3) is 0.100. The van der Waals surface area contributed by atoms with Crippen LogP contribution in [0.3, 0.4) is 0 Å². The van der Waals surface area contributed by atoms with Gasteiger partial charge in [-0.15, -0.1) is 11.3 Å². The van der Waals surface area contributed by atoms with E-state index in [0.29, 0.717) is 28.7 Å². The maximum atomic E-state index is 12.6. The molecule has 2 amide bonds. The van der Waals surface area contributed by atoms with Gasteiger partial charge in [-0.3, -0.25) is 9.59 Å². The molecule has 4 rings (SSSR count). The number of aromatic nitrogens is 2. The third kappa shape index (κ3) is 4.09. The molecule has 0 bridgehead atoms. The molecule has 0 radical (unpaired) electrons. The van der Waals surface area contributed by atoms with E-state index < -0.39 is 0 Å². The second-order valence-electron chi connectivity index (χ2n) is 6.18. The summed E-state index contributed by atoms with van der Waals surface area (Å²) < 4.78 is 10.1. The number of hydrogen-bond donors (Lipinski definition) is 2. The number of amides is 2. The molecule has 0 spiro atoms. The first-order valence-corrected chi connectivity index (χ1v) is 9.48. The quantitative estimate of drug-likeness (QED) is 0.503. The predicted octanol–water partition coefficient (Wildman–Crippen LogP) is 4.51. The summed E-state index contributed by atoms with van der Waals surface area (Å²) >= 11 is 1.47. The number of anilines is 2. The van der Waals surface area contributed by atoms with Gasteiger partial charge in [0.05, 0.1) is 16.8 Å². The van der Waals surface area contributed by atoms with E-state index in [2.05, 4.69) is 20.8 Å². The van der Waals surface area contributed by atoms with E-state index >= 15 is 0 Å². The summed E-state index contributed by atoms with van der Waals surface area (Å²) in [5.41, 5.74) is 1.71. The van der Waals surface area contributed by atoms with Crippen LogP contribution in [0.15, 0.2) is 57.7 Å². The van der Waals surface area contributed by atoms with Gasteiger partial charge in [0.25, 0.3) is 11.8 Å². The zero-order valence-electron chi connectivity index (χ0n) is 15.6. The van der Waals surface area contributed by atoms with Gasteiger partial charge in [0.2, 0.25) is 11.7 Å². The van der Waals surface area contributed by atoms with Crippen molar-refractivity contribution >= 4 is 34.5 Å². The molecule has 146 valence electrons. The van der Waals surface area contributed by atoms with E-state index in [1.807, 2.05) is 13.0 Å². The van der Waals surface area contributed by atoms with Crippen LogP contribution in [-0.4, -0.2) is 22.0 Å². The molecule has 9 heteroatoms. The minimum Gasteiger partial charge on any atom is -0.459 e. The topological polar surface area (TPSA) is 110 Å². The lowest BCUT2D eigenvalue weighted by molar-refractivity contribution is 0.0995. The molecule has 0 saturated carbocycles. The summed E-state index contributed by atoms with van der Waals surface area (Å²) in [6.07, 6.45) is 1.43. The number of thiophene rings is 1. The van der Waals surface area contributed by atoms with Crippen molar-refractivity contribution in [3.8, 4) is 10.7 Å². The first-order valence-electron chi connectivity index (χ1n) is 8.67. The van der Waals surface area contributed by atoms with Crippen LogP contribution in [0, 0.1) is 13.8 Å². The lowest BCUT2D eigenvalue weighted by Crippen LogP contribution is -2.13. The second kappa shape index (κ2) is 7.72. The van der Waals surface area contributed by atoms with Gasteiger partial charge in [0.15, 0.2) is 5.76 Å². The molecule has 4 aromatic rings. The summed E-state index contributed by atoms with van der Waals surface area (Å²) in [5, 5.41) is 9.50. The van der Waals surface area contributed by atoms with Crippen LogP contribution in [0.2, 0.25) is 0 Å². The summed E-state index contributed by atoms with van der Waals surface area (Å²) in [5.74, 6) is 0.576. The summed E-state index contributed by atoms with van der Waals surface area (Å²) in [6.45, 7) is 3.63. The lowest BCUT2D eigenvalue weighted by Gasteiger charge is -2.06. The molecule has 3 aromatic heterocycles. The standard InChI is InChI=1S/C20H16N4O4S/c1-11-15(10-17(29-11)18-21-12(2)28-24-18)23-19(25)13-5-7-14(8-6-13)22-20(26)16-4-3-9-27-16/h3-10H,1-2H3,(H,22,26)(H,23,25). The van der Waals surface area contributed by atoms with Crippen molar-refractivity contribution in [3.63, 3.8) is 0 Å². The van der Waals surface area contributed by atoms with Crippen LogP contribution < -0.4 is 10.6 Å². The van der Waals surface area contributed by atoms with Gasteiger partial charge in [-0.1, -0.05) is 5.16 Å². The Morgan fingerprint density at radius 3 is 2.48 bits per heavy atom. The molecule has 0 unspecified atom stereocenters. The number of hydrogen-bond acceptors (Lipinski definition) is 7. The maximum Gasteiger partial charge on any atom is 0.291 e. The Labute approximate surface area is 169 Å². The van der Waals surface area contributed by atoms with Gasteiger partial charge in [-0.25, -0.2) is 0 Å². The van der Waals surface area contributed by atoms with E-state index in [0.717, 1.165) is 9.75 Å². The van der Waals surface area contributed by atoms with Crippen LogP contribution in [0.1, 0.15) is 31.7 Å². The number of aryl methyl sites for hydroxylation is 2. The van der Waals surface area contributed by atoms with Gasteiger partial charge in [-0.2, -0.15) is 4.98 Å². The second-order valence-corrected chi connectivity index (χ2v) is 7.44. The van der Waals surface area contributed by atoms with Crippen LogP contribution in [0.5, 0.6) is 0 Å². The molecule has 1 aromatic carbocycles. The fourth-order valence-electron chi connectivity index (χ4n) is 2.62. The average Bonchev–Trinajstić information content (AvgIpc) is 3.44. The van der Waals surface area contributed by atoms with Crippen molar-refractivity contribution in [2.75, 3.05) is 10.6 Å². The van der Waals surface area contributed by atoms with Crippen LogP contribution in [0.4, 0.5) is 11.4 Å². The van der Waals surface area contributed by atoms with E-state index in [1.165, 1.54) is 17.6 Å². The van der Waals surface area contributed by atoms with E-state index in [1.54, 1.807) is 43.3 Å². The highest BCUT2D eigenvalue weighted by atomic mass is 32.1. The Morgan fingerprint density at radius 2 is 1.83 bits per heavy atom. The van der Waals surface area contributed by atoms with Crippen molar-refractivity contribution in [3.05, 3.63) is 70.8 Å². The van der Waals surface area contributed by atoms with E-state index in [9.17, 15) is 9.59 Å². The average molecular weight is 408 g/mol. The normalized spacial score (nSPS) is 10.7. The predicted molar refractivity (Wildman–Crippen MR) is 108 cm³/mol. The number of nitrogens with zero attached hydrogens (tertiary/aromatic N) is 2. The van der Waals surface area contributed by atoms with Crippen LogP contribution in [0.25, 0.3) is 10.7 Å². The number of rotatable bonds is 5. The highest BCUT2D eigenvalue weighted by Crippen LogP contribution is 2.33. The number of benzene rings is 1. The summed E-state index contributed by atoms with van der Waals surface area (Å²) in [7, 11) is 0. The molecule has 8 nitrogen and oxygen atoms in total. The zero-order chi connectivity index (χ0) is 20.4. The molecule has 3 heterocycles. The third-order valence-corrected chi connectivity index (χ3v) is 5.11. The zero-order valence-corrected chi connectivity index (χ0v) is 16.4. The summed E-state index contributed by atoms with van der Waals surface area (Å²) in [6, 6.07) is 11.6. The van der Waals surface area contributed by atoms with E-state index in [-0.39, 0.29) is 17.6 Å². The Morgan fingerprint density at radius 1 is 1.03 bits per heavy atom. The van der Waals surface area contributed by atoms with Gasteiger partial charge < -0.3 is 19.6 Å². The van der Waals surface area contributed by atoms with Gasteiger partial charge in [0, 0.05) is 23.1 Å². The Balaban J connectivity index is 1.43. The molecule has 2 N–H and O–H groups in total. The highest BCUT2D eigenvalue weighted by molar-refractivity contribution is 7.16. The summed E-state index contributed by atoms with van der Waals surface area (Å²) in [4.78, 5) is 30.5. The Bertz CT molecular complexity index is 1160. The molecule has 0 saturated heterocycles. The highest BCUT2D eigenvalue weighted by Gasteiger charge is 2.15. The number of carbonyl (C=O) groups is 2. The molecule has 29 heavy (non-hydrogen) atoms. The van der Waals surface area contributed by atoms with Crippen LogP contribution >= 0.6 is 11.3 Å². The monoisotopic (exact) mass is 408 g/mol. The maximum absolute atomic E-state index is 12.6. The molecule has 0 aliphatic carbocycles. The molecular formula is C20H16N4O4S. The molecular weight excluding hydrogens is 392 g/mol. The van der Waals surface area contributed by atoms with E-state index in [4.69, 9.17) is 8.94 Å². The molecule has 0 atom stereocenters. The first kappa shape index (κ1) is 18.6. The lowest BCUT2D eigenvalue weighted by atomic mass is 10.2. The van der Waals surface area contributed by atoms with Crippen molar-refractivity contribution in [1.82, 2.24) is 10.1 Å². The Kier molecular flexibility index (Phi) is 4.96. The van der Waals surface area contributed by atoms with Crippen molar-refractivity contribution in [2.45, 2.75) is 13.8 Å². The van der Waals surface area contributed by atoms with Crippen molar-refractivity contribution in [1.29, 1.82) is 0 Å². The van der Waals surface area contributed by atoms with Gasteiger partial charge in [0.1, 0.15) is 0 Å². The molecule has 0 fully saturated rings.